The number of aromatic hydroxyl groups is 1. The number of nitrogens with zero attached hydrogens (tertiary/aromatic N) is 1. The molecule has 3 rings (SSSR count). The zero-order valence-electron chi connectivity index (χ0n) is 12.7. The van der Waals surface area contributed by atoms with Gasteiger partial charge in [0.1, 0.15) is 11.9 Å². The number of phenols is 1. The topological polar surface area (TPSA) is 92.4 Å². The van der Waals surface area contributed by atoms with Gasteiger partial charge in [0.15, 0.2) is 11.6 Å². The molecule has 0 saturated carbocycles. The molecule has 2 aromatic rings. The van der Waals surface area contributed by atoms with Crippen LogP contribution in [0.5, 0.6) is 5.75 Å². The van der Waals surface area contributed by atoms with Crippen LogP contribution in [0.2, 0.25) is 0 Å². The van der Waals surface area contributed by atoms with E-state index in [1.807, 2.05) is 25.1 Å². The van der Waals surface area contributed by atoms with Gasteiger partial charge in [-0.3, -0.25) is 15.8 Å². The summed E-state index contributed by atoms with van der Waals surface area (Å²) in [5, 5.41) is 9.97. The van der Waals surface area contributed by atoms with Crippen molar-refractivity contribution in [2.24, 2.45) is 5.73 Å². The van der Waals surface area contributed by atoms with Crippen LogP contribution in [0.25, 0.3) is 5.70 Å². The van der Waals surface area contributed by atoms with Crippen molar-refractivity contribution >= 4 is 5.70 Å². The van der Waals surface area contributed by atoms with Crippen LogP contribution in [-0.2, 0) is 4.74 Å². The number of ether oxygens (including phenoxy) is 1. The lowest BCUT2D eigenvalue weighted by Crippen LogP contribution is -2.37. The first kappa shape index (κ1) is 14.8. The lowest BCUT2D eigenvalue weighted by molar-refractivity contribution is 0.137. The Morgan fingerprint density at radius 3 is 2.74 bits per heavy atom. The summed E-state index contributed by atoms with van der Waals surface area (Å²) in [6.07, 6.45) is 5.02. The second-order valence-corrected chi connectivity index (χ2v) is 5.15. The predicted octanol–water partition coefficient (Wildman–Crippen LogP) is 2.14. The molecule has 1 aliphatic rings. The van der Waals surface area contributed by atoms with E-state index in [-0.39, 0.29) is 11.9 Å². The van der Waals surface area contributed by atoms with Crippen molar-refractivity contribution in [1.82, 2.24) is 15.8 Å². The van der Waals surface area contributed by atoms with Gasteiger partial charge in [-0.1, -0.05) is 18.2 Å². The van der Waals surface area contributed by atoms with E-state index in [0.717, 1.165) is 5.56 Å². The molecule has 0 spiro atoms. The van der Waals surface area contributed by atoms with Crippen molar-refractivity contribution in [3.05, 3.63) is 77.6 Å². The fraction of sp³-hybridized carbons (Fsp3) is 0.118. The molecule has 0 amide bonds. The highest BCUT2D eigenvalue weighted by atomic mass is 16.5. The Balaban J connectivity index is 1.85. The van der Waals surface area contributed by atoms with Crippen molar-refractivity contribution in [2.45, 2.75) is 13.0 Å². The molecule has 6 nitrogen and oxygen atoms in total. The molecule has 1 aromatic carbocycles. The van der Waals surface area contributed by atoms with Crippen LogP contribution in [0, 0.1) is 0 Å². The number of nitrogens with two attached hydrogens (primary N) is 1. The van der Waals surface area contributed by atoms with Gasteiger partial charge in [-0.25, -0.2) is 0 Å². The smallest absolute Gasteiger partial charge is 0.163 e. The largest absolute Gasteiger partial charge is 0.507 e. The zero-order valence-corrected chi connectivity index (χ0v) is 12.7. The van der Waals surface area contributed by atoms with Crippen LogP contribution in [-0.4, -0.2) is 10.1 Å². The average Bonchev–Trinajstić information content (AvgIpc) is 2.58. The molecule has 1 atom stereocenters. The molecule has 0 fully saturated rings. The Kier molecular flexibility index (Phi) is 4.05. The molecule has 0 saturated heterocycles. The van der Waals surface area contributed by atoms with Gasteiger partial charge in [0.25, 0.3) is 0 Å². The summed E-state index contributed by atoms with van der Waals surface area (Å²) < 4.78 is 5.94. The minimum Gasteiger partial charge on any atom is -0.507 e. The monoisotopic (exact) mass is 310 g/mol. The minimum atomic E-state index is -0.209. The van der Waals surface area contributed by atoms with E-state index in [1.165, 1.54) is 0 Å². The number of pyridine rings is 1. The van der Waals surface area contributed by atoms with Crippen LogP contribution in [0.1, 0.15) is 24.2 Å². The van der Waals surface area contributed by atoms with Gasteiger partial charge in [-0.2, -0.15) is 0 Å². The third kappa shape index (κ3) is 3.21. The highest BCUT2D eigenvalue weighted by Crippen LogP contribution is 2.27. The zero-order chi connectivity index (χ0) is 16.2. The Morgan fingerprint density at radius 1 is 1.17 bits per heavy atom. The summed E-state index contributed by atoms with van der Waals surface area (Å²) in [5.41, 5.74) is 14.0. The number of nitrogens with one attached hydrogen (secondary N) is 2. The van der Waals surface area contributed by atoms with E-state index in [1.54, 1.807) is 36.7 Å². The molecule has 1 unspecified atom stereocenters. The van der Waals surface area contributed by atoms with E-state index in [9.17, 15) is 5.11 Å². The van der Waals surface area contributed by atoms with Gasteiger partial charge < -0.3 is 15.6 Å². The van der Waals surface area contributed by atoms with E-state index in [4.69, 9.17) is 10.5 Å². The Labute approximate surface area is 134 Å². The number of rotatable bonds is 4. The van der Waals surface area contributed by atoms with Crippen LogP contribution >= 0.6 is 0 Å². The highest BCUT2D eigenvalue weighted by molar-refractivity contribution is 5.71. The first-order valence-electron chi connectivity index (χ1n) is 7.23. The van der Waals surface area contributed by atoms with Crippen LogP contribution < -0.4 is 16.6 Å². The molecule has 118 valence electrons. The number of hydrogen-bond acceptors (Lipinski definition) is 6. The fourth-order valence-corrected chi connectivity index (χ4v) is 2.26. The van der Waals surface area contributed by atoms with Crippen molar-refractivity contribution in [3.8, 4) is 5.75 Å². The third-order valence-corrected chi connectivity index (χ3v) is 3.52. The molecule has 1 aliphatic heterocycles. The maximum atomic E-state index is 9.97. The van der Waals surface area contributed by atoms with Gasteiger partial charge >= 0.3 is 0 Å². The number of aromatic nitrogens is 1. The normalized spacial score (nSPS) is 15.3. The molecule has 0 aliphatic carbocycles. The summed E-state index contributed by atoms with van der Waals surface area (Å²) in [4.78, 5) is 4.09. The maximum Gasteiger partial charge on any atom is 0.163 e. The number of phenolic OH excluding ortho intramolecular Hbond substituents is 1. The standard InChI is InChI=1S/C17H18N4O2/c1-11(12-5-4-8-19-10-12)23-16-9-14(20-21-17(16)18)13-6-2-3-7-15(13)22/h2-11,20-22H,18H2,1H3. The van der Waals surface area contributed by atoms with E-state index in [0.29, 0.717) is 22.8 Å². The SMILES string of the molecule is CC(OC1=C(N)NNC(c2ccccc2O)=C1)c1cccnc1. The summed E-state index contributed by atoms with van der Waals surface area (Å²) in [6, 6.07) is 10.8. The van der Waals surface area contributed by atoms with E-state index < -0.39 is 0 Å². The van der Waals surface area contributed by atoms with Crippen molar-refractivity contribution in [2.75, 3.05) is 0 Å². The second kappa shape index (κ2) is 6.31. The van der Waals surface area contributed by atoms with Gasteiger partial charge in [0.05, 0.1) is 5.70 Å². The molecule has 1 aromatic heterocycles. The molecular formula is C17H18N4O2. The number of hydrazine groups is 1. The summed E-state index contributed by atoms with van der Waals surface area (Å²) in [7, 11) is 0. The Hall–Kier alpha value is -3.15. The third-order valence-electron chi connectivity index (χ3n) is 3.52. The fourth-order valence-electron chi connectivity index (χ4n) is 2.26. The van der Waals surface area contributed by atoms with Crippen molar-refractivity contribution in [3.63, 3.8) is 0 Å². The molecule has 2 heterocycles. The summed E-state index contributed by atoms with van der Waals surface area (Å²) in [6.45, 7) is 1.92. The van der Waals surface area contributed by atoms with Gasteiger partial charge in [-0.05, 0) is 25.1 Å². The Bertz CT molecular complexity index is 756. The highest BCUT2D eigenvalue weighted by Gasteiger charge is 2.17. The maximum absolute atomic E-state index is 9.97. The first-order valence-corrected chi connectivity index (χ1v) is 7.23. The number of allylic oxidation sites excluding steroid dienone is 1. The van der Waals surface area contributed by atoms with Crippen LogP contribution in [0.3, 0.4) is 0 Å². The van der Waals surface area contributed by atoms with E-state index >= 15 is 0 Å². The van der Waals surface area contributed by atoms with Crippen molar-refractivity contribution in [1.29, 1.82) is 0 Å². The minimum absolute atomic E-state index is 0.174. The Morgan fingerprint density at radius 2 is 2.00 bits per heavy atom. The van der Waals surface area contributed by atoms with Crippen LogP contribution in [0.4, 0.5) is 0 Å². The molecule has 5 N–H and O–H groups in total. The molecule has 23 heavy (non-hydrogen) atoms. The van der Waals surface area contributed by atoms with Gasteiger partial charge in [0, 0.05) is 29.6 Å². The predicted molar refractivity (Wildman–Crippen MR) is 87.3 cm³/mol. The summed E-state index contributed by atoms with van der Waals surface area (Å²) >= 11 is 0. The van der Waals surface area contributed by atoms with Gasteiger partial charge in [-0.15, -0.1) is 0 Å². The van der Waals surface area contributed by atoms with E-state index in [2.05, 4.69) is 15.8 Å². The quantitative estimate of drug-likeness (QED) is 0.691. The molecule has 0 bridgehead atoms. The molecule has 0 radical (unpaired) electrons. The lowest BCUT2D eigenvalue weighted by atomic mass is 10.1. The van der Waals surface area contributed by atoms with Gasteiger partial charge in [0.2, 0.25) is 0 Å². The number of benzene rings is 1. The lowest BCUT2D eigenvalue weighted by Gasteiger charge is -2.24. The first-order chi connectivity index (χ1) is 11.1. The number of hydrogen-bond donors (Lipinski definition) is 4. The number of para-hydroxylation sites is 1. The second-order valence-electron chi connectivity index (χ2n) is 5.15. The summed E-state index contributed by atoms with van der Waals surface area (Å²) in [5.74, 6) is 1.05. The van der Waals surface area contributed by atoms with Crippen LogP contribution in [0.15, 0.2) is 66.4 Å². The molecular weight excluding hydrogens is 292 g/mol. The average molecular weight is 310 g/mol. The van der Waals surface area contributed by atoms with Crippen molar-refractivity contribution < 1.29 is 9.84 Å². The molecule has 6 heteroatoms.